The minimum absolute atomic E-state index is 0.450. The standard InChI is InChI=1S/C25H31N3O/c1-19(2)21-12-7-9-15-24(21)29-17-16-28(20-10-4-3-5-11-20)25-22-13-6-8-14-23(22)26-18-27-25/h6-9,12-15,18-20H,3-5,10-11,16-17H2,1-2H3. The lowest BCUT2D eigenvalue weighted by atomic mass is 9.94. The maximum absolute atomic E-state index is 6.27. The van der Waals surface area contributed by atoms with E-state index in [2.05, 4.69) is 66.2 Å². The van der Waals surface area contributed by atoms with Gasteiger partial charge in [0.1, 0.15) is 24.5 Å². The van der Waals surface area contributed by atoms with Gasteiger partial charge in [0.15, 0.2) is 0 Å². The summed E-state index contributed by atoms with van der Waals surface area (Å²) < 4.78 is 6.27. The predicted octanol–water partition coefficient (Wildman–Crippen LogP) is 5.97. The number of fused-ring (bicyclic) bond motifs is 1. The number of rotatable bonds is 7. The molecule has 1 aliphatic rings. The third-order valence-electron chi connectivity index (χ3n) is 5.94. The molecule has 4 rings (SSSR count). The summed E-state index contributed by atoms with van der Waals surface area (Å²) in [6.07, 6.45) is 8.07. The largest absolute Gasteiger partial charge is 0.491 e. The maximum Gasteiger partial charge on any atom is 0.140 e. The number of benzene rings is 2. The summed E-state index contributed by atoms with van der Waals surface area (Å²) in [6.45, 7) is 5.91. The van der Waals surface area contributed by atoms with Crippen molar-refractivity contribution in [3.05, 3.63) is 60.4 Å². The van der Waals surface area contributed by atoms with Crippen LogP contribution in [0, 0.1) is 0 Å². The molecular formula is C25H31N3O. The van der Waals surface area contributed by atoms with Crippen LogP contribution in [0.2, 0.25) is 0 Å². The Kier molecular flexibility index (Phi) is 6.28. The molecule has 0 spiro atoms. The highest BCUT2D eigenvalue weighted by molar-refractivity contribution is 5.89. The van der Waals surface area contributed by atoms with Crippen molar-refractivity contribution in [3.63, 3.8) is 0 Å². The number of hydrogen-bond donors (Lipinski definition) is 0. The Bertz CT molecular complexity index is 929. The van der Waals surface area contributed by atoms with E-state index < -0.39 is 0 Å². The first-order valence-corrected chi connectivity index (χ1v) is 10.9. The fraction of sp³-hybridized carbons (Fsp3) is 0.440. The fourth-order valence-corrected chi connectivity index (χ4v) is 4.42. The van der Waals surface area contributed by atoms with E-state index in [9.17, 15) is 0 Å². The van der Waals surface area contributed by atoms with Gasteiger partial charge < -0.3 is 9.64 Å². The Morgan fingerprint density at radius 3 is 2.55 bits per heavy atom. The zero-order chi connectivity index (χ0) is 20.1. The van der Waals surface area contributed by atoms with E-state index >= 15 is 0 Å². The highest BCUT2D eigenvalue weighted by atomic mass is 16.5. The first-order valence-electron chi connectivity index (χ1n) is 10.9. The molecule has 3 aromatic rings. The van der Waals surface area contributed by atoms with Gasteiger partial charge in [0.05, 0.1) is 12.1 Å². The van der Waals surface area contributed by atoms with Crippen LogP contribution in [0.15, 0.2) is 54.9 Å². The van der Waals surface area contributed by atoms with Crippen LogP contribution in [-0.4, -0.2) is 29.2 Å². The molecule has 0 aliphatic heterocycles. The van der Waals surface area contributed by atoms with Gasteiger partial charge in [-0.1, -0.05) is 63.4 Å². The molecule has 4 heteroatoms. The number of para-hydroxylation sites is 2. The number of aromatic nitrogens is 2. The number of nitrogens with zero attached hydrogens (tertiary/aromatic N) is 3. The van der Waals surface area contributed by atoms with Crippen LogP contribution in [0.3, 0.4) is 0 Å². The molecule has 1 fully saturated rings. The molecule has 0 atom stereocenters. The van der Waals surface area contributed by atoms with Crippen molar-refractivity contribution in [1.82, 2.24) is 9.97 Å². The second-order valence-electron chi connectivity index (χ2n) is 8.24. The SMILES string of the molecule is CC(C)c1ccccc1OCCN(c1ncnc2ccccc12)C1CCCCC1. The lowest BCUT2D eigenvalue weighted by molar-refractivity contribution is 0.305. The van der Waals surface area contributed by atoms with Gasteiger partial charge in [-0.15, -0.1) is 0 Å². The molecule has 0 radical (unpaired) electrons. The molecule has 0 saturated heterocycles. The number of ether oxygens (including phenoxy) is 1. The van der Waals surface area contributed by atoms with Crippen molar-refractivity contribution in [2.24, 2.45) is 0 Å². The van der Waals surface area contributed by atoms with Gasteiger partial charge in [0.25, 0.3) is 0 Å². The molecule has 1 aliphatic carbocycles. The second kappa shape index (κ2) is 9.25. The number of anilines is 1. The summed E-state index contributed by atoms with van der Waals surface area (Å²) in [5.74, 6) is 2.49. The molecule has 29 heavy (non-hydrogen) atoms. The van der Waals surface area contributed by atoms with Crippen molar-refractivity contribution >= 4 is 16.7 Å². The molecule has 1 saturated carbocycles. The zero-order valence-electron chi connectivity index (χ0n) is 17.6. The van der Waals surface area contributed by atoms with E-state index in [1.165, 1.54) is 37.7 Å². The molecule has 2 aromatic carbocycles. The van der Waals surface area contributed by atoms with Gasteiger partial charge in [0, 0.05) is 11.4 Å². The molecule has 0 N–H and O–H groups in total. The zero-order valence-corrected chi connectivity index (χ0v) is 17.6. The van der Waals surface area contributed by atoms with Gasteiger partial charge in [0.2, 0.25) is 0 Å². The van der Waals surface area contributed by atoms with Crippen molar-refractivity contribution in [1.29, 1.82) is 0 Å². The fourth-order valence-electron chi connectivity index (χ4n) is 4.42. The topological polar surface area (TPSA) is 38.2 Å². The lowest BCUT2D eigenvalue weighted by Gasteiger charge is -2.35. The Morgan fingerprint density at radius 2 is 1.72 bits per heavy atom. The molecule has 0 unspecified atom stereocenters. The van der Waals surface area contributed by atoms with E-state index in [1.54, 1.807) is 6.33 Å². The summed E-state index contributed by atoms with van der Waals surface area (Å²) in [7, 11) is 0. The quantitative estimate of drug-likeness (QED) is 0.499. The van der Waals surface area contributed by atoms with Gasteiger partial charge in [-0.25, -0.2) is 9.97 Å². The average Bonchev–Trinajstić information content (AvgIpc) is 2.77. The van der Waals surface area contributed by atoms with Gasteiger partial charge in [-0.2, -0.15) is 0 Å². The van der Waals surface area contributed by atoms with Gasteiger partial charge in [-0.3, -0.25) is 0 Å². The summed E-state index contributed by atoms with van der Waals surface area (Å²) in [5.41, 5.74) is 2.27. The maximum atomic E-state index is 6.27. The summed E-state index contributed by atoms with van der Waals surface area (Å²) in [6, 6.07) is 17.2. The van der Waals surface area contributed by atoms with Crippen molar-refractivity contribution < 1.29 is 4.74 Å². The van der Waals surface area contributed by atoms with E-state index in [4.69, 9.17) is 9.72 Å². The second-order valence-corrected chi connectivity index (χ2v) is 8.24. The summed E-state index contributed by atoms with van der Waals surface area (Å²) in [5, 5.41) is 1.13. The van der Waals surface area contributed by atoms with Gasteiger partial charge in [-0.05, 0) is 42.5 Å². The van der Waals surface area contributed by atoms with E-state index in [0.29, 0.717) is 18.6 Å². The van der Waals surface area contributed by atoms with Crippen molar-refractivity contribution in [2.45, 2.75) is 57.9 Å². The Hall–Kier alpha value is -2.62. The Morgan fingerprint density at radius 1 is 0.966 bits per heavy atom. The van der Waals surface area contributed by atoms with Crippen LogP contribution in [0.5, 0.6) is 5.75 Å². The highest BCUT2D eigenvalue weighted by Gasteiger charge is 2.24. The van der Waals surface area contributed by atoms with E-state index in [0.717, 1.165) is 29.0 Å². The first kappa shape index (κ1) is 19.7. The summed E-state index contributed by atoms with van der Waals surface area (Å²) >= 11 is 0. The molecule has 152 valence electrons. The monoisotopic (exact) mass is 389 g/mol. The van der Waals surface area contributed by atoms with Crippen molar-refractivity contribution in [2.75, 3.05) is 18.1 Å². The van der Waals surface area contributed by atoms with Crippen LogP contribution in [-0.2, 0) is 0 Å². The molecule has 4 nitrogen and oxygen atoms in total. The predicted molar refractivity (Wildman–Crippen MR) is 120 cm³/mol. The van der Waals surface area contributed by atoms with E-state index in [-0.39, 0.29) is 0 Å². The lowest BCUT2D eigenvalue weighted by Crippen LogP contribution is -2.40. The van der Waals surface area contributed by atoms with Crippen LogP contribution in [0.25, 0.3) is 10.9 Å². The highest BCUT2D eigenvalue weighted by Crippen LogP contribution is 2.31. The first-order chi connectivity index (χ1) is 14.2. The Labute approximate surface area is 173 Å². The molecule has 0 amide bonds. The van der Waals surface area contributed by atoms with Crippen LogP contribution >= 0.6 is 0 Å². The minimum atomic E-state index is 0.450. The molecule has 1 heterocycles. The van der Waals surface area contributed by atoms with Crippen LogP contribution < -0.4 is 9.64 Å². The Balaban J connectivity index is 1.57. The van der Waals surface area contributed by atoms with Crippen LogP contribution in [0.1, 0.15) is 57.4 Å². The number of hydrogen-bond acceptors (Lipinski definition) is 4. The molecule has 0 bridgehead atoms. The normalized spacial score (nSPS) is 15.0. The van der Waals surface area contributed by atoms with Crippen LogP contribution in [0.4, 0.5) is 5.82 Å². The van der Waals surface area contributed by atoms with E-state index in [1.807, 2.05) is 6.07 Å². The van der Waals surface area contributed by atoms with Crippen molar-refractivity contribution in [3.8, 4) is 5.75 Å². The third kappa shape index (κ3) is 4.52. The smallest absolute Gasteiger partial charge is 0.140 e. The minimum Gasteiger partial charge on any atom is -0.491 e. The summed E-state index contributed by atoms with van der Waals surface area (Å²) in [4.78, 5) is 11.6. The average molecular weight is 390 g/mol. The van der Waals surface area contributed by atoms with Gasteiger partial charge >= 0.3 is 0 Å². The molecule has 1 aromatic heterocycles. The molecular weight excluding hydrogens is 358 g/mol. The third-order valence-corrected chi connectivity index (χ3v) is 5.94.